The summed E-state index contributed by atoms with van der Waals surface area (Å²) in [4.78, 5) is 14.3. The molecule has 1 amide bonds. The molecule has 1 aromatic carbocycles. The molecule has 110 valence electrons. The minimum atomic E-state index is -0.505. The number of benzene rings is 1. The summed E-state index contributed by atoms with van der Waals surface area (Å²) in [5.74, 6) is 0.0960. The first-order valence-electron chi connectivity index (χ1n) is 7.33. The second kappa shape index (κ2) is 5.83. The van der Waals surface area contributed by atoms with Gasteiger partial charge in [-0.1, -0.05) is 24.6 Å². The summed E-state index contributed by atoms with van der Waals surface area (Å²) in [6.07, 6.45) is 0. The van der Waals surface area contributed by atoms with Crippen LogP contribution >= 0.6 is 0 Å². The molecule has 1 aliphatic rings. The maximum atomic E-state index is 12.1. The van der Waals surface area contributed by atoms with Crippen LogP contribution in [0.2, 0.25) is 0 Å². The van der Waals surface area contributed by atoms with Crippen LogP contribution in [-0.2, 0) is 11.3 Å². The van der Waals surface area contributed by atoms with E-state index in [2.05, 4.69) is 47.6 Å². The fourth-order valence-electron chi connectivity index (χ4n) is 2.70. The Labute approximate surface area is 121 Å². The third kappa shape index (κ3) is 2.80. The molecule has 4 nitrogen and oxygen atoms in total. The molecular weight excluding hydrogens is 250 g/mol. The number of rotatable bonds is 4. The van der Waals surface area contributed by atoms with Crippen LogP contribution in [0.5, 0.6) is 0 Å². The third-order valence-corrected chi connectivity index (χ3v) is 3.94. The summed E-state index contributed by atoms with van der Waals surface area (Å²) >= 11 is 0. The minimum absolute atomic E-state index is 0.0960. The number of anilines is 1. The number of carbonyl (C=O) groups excluding carboxylic acids is 1. The fourth-order valence-corrected chi connectivity index (χ4v) is 2.70. The molecule has 1 aliphatic heterocycles. The van der Waals surface area contributed by atoms with Gasteiger partial charge in [0.25, 0.3) is 0 Å². The molecule has 2 N–H and O–H groups in total. The number of amides is 1. The minimum Gasteiger partial charge on any atom is -0.355 e. The average Bonchev–Trinajstić information content (AvgIpc) is 2.40. The Hall–Kier alpha value is -1.55. The Kier molecular flexibility index (Phi) is 4.33. The lowest BCUT2D eigenvalue weighted by atomic mass is 9.96. The van der Waals surface area contributed by atoms with Gasteiger partial charge in [-0.25, -0.2) is 0 Å². The fraction of sp³-hybridized carbons (Fsp3) is 0.562. The summed E-state index contributed by atoms with van der Waals surface area (Å²) in [7, 11) is 0. The third-order valence-electron chi connectivity index (χ3n) is 3.94. The second-order valence-corrected chi connectivity index (χ2v) is 5.88. The van der Waals surface area contributed by atoms with E-state index >= 15 is 0 Å². The van der Waals surface area contributed by atoms with Crippen LogP contribution in [0.4, 0.5) is 5.69 Å². The van der Waals surface area contributed by atoms with E-state index in [0.717, 1.165) is 25.3 Å². The largest absolute Gasteiger partial charge is 0.355 e. The Bertz CT molecular complexity index is 496. The monoisotopic (exact) mass is 275 g/mol. The molecule has 0 aliphatic carbocycles. The van der Waals surface area contributed by atoms with E-state index in [4.69, 9.17) is 0 Å². The Morgan fingerprint density at radius 1 is 1.40 bits per heavy atom. The molecule has 0 spiro atoms. The molecule has 0 saturated carbocycles. The Morgan fingerprint density at radius 3 is 2.85 bits per heavy atom. The lowest BCUT2D eigenvalue weighted by Gasteiger charge is -2.43. The zero-order chi connectivity index (χ0) is 14.8. The second-order valence-electron chi connectivity index (χ2n) is 5.88. The summed E-state index contributed by atoms with van der Waals surface area (Å²) < 4.78 is 0. The standard InChI is InChI=1S/C16H25N3O/c1-5-17-11-13-10-12(2)6-7-14(13)19-9-8-18-15(20)16(19,3)4/h6-7,10,17H,5,8-9,11H2,1-4H3,(H,18,20). The summed E-state index contributed by atoms with van der Waals surface area (Å²) in [5, 5.41) is 6.33. The van der Waals surface area contributed by atoms with Crippen LogP contribution in [0.25, 0.3) is 0 Å². The van der Waals surface area contributed by atoms with Gasteiger partial charge < -0.3 is 15.5 Å². The topological polar surface area (TPSA) is 44.4 Å². The average molecular weight is 275 g/mol. The molecule has 2 rings (SSSR count). The SMILES string of the molecule is CCNCc1cc(C)ccc1N1CCNC(=O)C1(C)C. The van der Waals surface area contributed by atoms with Crippen LogP contribution in [0.15, 0.2) is 18.2 Å². The highest BCUT2D eigenvalue weighted by Crippen LogP contribution is 2.30. The Morgan fingerprint density at radius 2 is 2.15 bits per heavy atom. The number of aryl methyl sites for hydroxylation is 1. The number of hydrogen-bond acceptors (Lipinski definition) is 3. The van der Waals surface area contributed by atoms with Crippen molar-refractivity contribution >= 4 is 11.6 Å². The smallest absolute Gasteiger partial charge is 0.245 e. The van der Waals surface area contributed by atoms with E-state index in [-0.39, 0.29) is 5.91 Å². The van der Waals surface area contributed by atoms with E-state index in [1.54, 1.807) is 0 Å². The highest BCUT2D eigenvalue weighted by Gasteiger charge is 2.38. The van der Waals surface area contributed by atoms with Crippen LogP contribution in [-0.4, -0.2) is 31.1 Å². The zero-order valence-corrected chi connectivity index (χ0v) is 12.9. The van der Waals surface area contributed by atoms with Crippen LogP contribution in [0, 0.1) is 6.92 Å². The molecule has 0 radical (unpaired) electrons. The van der Waals surface area contributed by atoms with Crippen molar-refractivity contribution in [3.05, 3.63) is 29.3 Å². The molecule has 1 saturated heterocycles. The molecule has 20 heavy (non-hydrogen) atoms. The lowest BCUT2D eigenvalue weighted by Crippen LogP contribution is -2.62. The molecular formula is C16H25N3O. The van der Waals surface area contributed by atoms with Gasteiger partial charge in [0.05, 0.1) is 0 Å². The van der Waals surface area contributed by atoms with Gasteiger partial charge in [0.1, 0.15) is 5.54 Å². The molecule has 1 aromatic rings. The van der Waals surface area contributed by atoms with E-state index in [9.17, 15) is 4.79 Å². The predicted octanol–water partition coefficient (Wildman–Crippen LogP) is 1.82. The molecule has 1 fully saturated rings. The van der Waals surface area contributed by atoms with Crippen molar-refractivity contribution in [2.45, 2.75) is 39.8 Å². The molecule has 4 heteroatoms. The maximum Gasteiger partial charge on any atom is 0.245 e. The van der Waals surface area contributed by atoms with Crippen molar-refractivity contribution in [2.24, 2.45) is 0 Å². The van der Waals surface area contributed by atoms with Gasteiger partial charge in [-0.2, -0.15) is 0 Å². The van der Waals surface area contributed by atoms with Gasteiger partial charge >= 0.3 is 0 Å². The summed E-state index contributed by atoms with van der Waals surface area (Å²) in [6.45, 7) is 11.5. The molecule has 0 atom stereocenters. The first-order valence-corrected chi connectivity index (χ1v) is 7.33. The van der Waals surface area contributed by atoms with Crippen LogP contribution in [0.1, 0.15) is 31.9 Å². The first-order chi connectivity index (χ1) is 9.46. The molecule has 0 bridgehead atoms. The highest BCUT2D eigenvalue weighted by atomic mass is 16.2. The predicted molar refractivity (Wildman–Crippen MR) is 83.0 cm³/mol. The Balaban J connectivity index is 2.37. The number of hydrogen-bond donors (Lipinski definition) is 2. The van der Waals surface area contributed by atoms with E-state index in [1.807, 2.05) is 13.8 Å². The molecule has 0 unspecified atom stereocenters. The van der Waals surface area contributed by atoms with Crippen molar-refractivity contribution in [3.8, 4) is 0 Å². The zero-order valence-electron chi connectivity index (χ0n) is 12.9. The van der Waals surface area contributed by atoms with Gasteiger partial charge in [0, 0.05) is 25.3 Å². The van der Waals surface area contributed by atoms with Gasteiger partial charge in [-0.3, -0.25) is 4.79 Å². The van der Waals surface area contributed by atoms with Crippen molar-refractivity contribution in [3.63, 3.8) is 0 Å². The van der Waals surface area contributed by atoms with Crippen molar-refractivity contribution in [2.75, 3.05) is 24.5 Å². The van der Waals surface area contributed by atoms with Gasteiger partial charge in [0.15, 0.2) is 0 Å². The molecule has 0 aromatic heterocycles. The number of nitrogens with zero attached hydrogens (tertiary/aromatic N) is 1. The molecule has 1 heterocycles. The van der Waals surface area contributed by atoms with Gasteiger partial charge in [-0.05, 0) is 38.9 Å². The highest BCUT2D eigenvalue weighted by molar-refractivity contribution is 5.90. The van der Waals surface area contributed by atoms with Gasteiger partial charge in [-0.15, -0.1) is 0 Å². The van der Waals surface area contributed by atoms with E-state index < -0.39 is 5.54 Å². The van der Waals surface area contributed by atoms with E-state index in [1.165, 1.54) is 11.1 Å². The van der Waals surface area contributed by atoms with E-state index in [0.29, 0.717) is 6.54 Å². The maximum absolute atomic E-state index is 12.1. The summed E-state index contributed by atoms with van der Waals surface area (Å²) in [6, 6.07) is 6.47. The number of carbonyl (C=O) groups is 1. The summed E-state index contributed by atoms with van der Waals surface area (Å²) in [5.41, 5.74) is 3.17. The van der Waals surface area contributed by atoms with Crippen molar-refractivity contribution in [1.29, 1.82) is 0 Å². The van der Waals surface area contributed by atoms with Crippen molar-refractivity contribution < 1.29 is 4.79 Å². The normalized spacial score (nSPS) is 18.0. The van der Waals surface area contributed by atoms with Gasteiger partial charge in [0.2, 0.25) is 5.91 Å². The quantitative estimate of drug-likeness (QED) is 0.881. The number of piperazine rings is 1. The first kappa shape index (κ1) is 14.9. The number of nitrogens with one attached hydrogen (secondary N) is 2. The van der Waals surface area contributed by atoms with Crippen LogP contribution < -0.4 is 15.5 Å². The lowest BCUT2D eigenvalue weighted by molar-refractivity contribution is -0.126. The van der Waals surface area contributed by atoms with Crippen molar-refractivity contribution in [1.82, 2.24) is 10.6 Å². The van der Waals surface area contributed by atoms with Crippen LogP contribution in [0.3, 0.4) is 0 Å².